The number of hydrogen-bond donors (Lipinski definition) is 1. The van der Waals surface area contributed by atoms with Crippen LogP contribution in [0.4, 0.5) is 0 Å². The predicted molar refractivity (Wildman–Crippen MR) is 160 cm³/mol. The lowest BCUT2D eigenvalue weighted by atomic mass is 10.0. The van der Waals surface area contributed by atoms with E-state index in [1.807, 2.05) is 18.2 Å². The number of aromatic amines is 1. The largest absolute Gasteiger partial charge is 0.323 e. The van der Waals surface area contributed by atoms with Crippen molar-refractivity contribution in [3.63, 3.8) is 0 Å². The third kappa shape index (κ3) is 3.12. The number of imidazole rings is 2. The molecule has 5 heteroatoms. The zero-order valence-electron chi connectivity index (χ0n) is 20.3. The highest BCUT2D eigenvalue weighted by Gasteiger charge is 2.17. The lowest BCUT2D eigenvalue weighted by Gasteiger charge is -2.08. The minimum Gasteiger partial charge on any atom is -0.323 e. The van der Waals surface area contributed by atoms with Crippen LogP contribution < -0.4 is 0 Å². The van der Waals surface area contributed by atoms with Gasteiger partial charge < -0.3 is 9.55 Å². The van der Waals surface area contributed by atoms with Crippen molar-refractivity contribution in [2.24, 2.45) is 0 Å². The molecule has 0 aliphatic carbocycles. The highest BCUT2D eigenvalue weighted by atomic mass is 79.9. The monoisotopic (exact) mass is 552 g/mol. The van der Waals surface area contributed by atoms with Gasteiger partial charge in [-0.25, -0.2) is 4.98 Å². The van der Waals surface area contributed by atoms with Crippen molar-refractivity contribution in [3.05, 3.63) is 126 Å². The minimum atomic E-state index is 0.823. The van der Waals surface area contributed by atoms with Gasteiger partial charge in [0.1, 0.15) is 10.3 Å². The second-order valence-corrected chi connectivity index (χ2v) is 10.3. The molecule has 0 unspecified atom stereocenters. The summed E-state index contributed by atoms with van der Waals surface area (Å²) in [7, 11) is 0. The molecule has 0 atom stereocenters. The van der Waals surface area contributed by atoms with Gasteiger partial charge in [-0.15, -0.1) is 0 Å². The first-order valence-corrected chi connectivity index (χ1v) is 13.4. The Kier molecular flexibility index (Phi) is 4.63. The van der Waals surface area contributed by atoms with E-state index in [-0.39, 0.29) is 0 Å². The van der Waals surface area contributed by atoms with Crippen molar-refractivity contribution in [2.45, 2.75) is 0 Å². The summed E-state index contributed by atoms with van der Waals surface area (Å²) in [6, 6.07) is 42.9. The summed E-state index contributed by atoms with van der Waals surface area (Å²) >= 11 is 3.83. The van der Waals surface area contributed by atoms with Crippen LogP contribution in [0.15, 0.2) is 126 Å². The van der Waals surface area contributed by atoms with Crippen molar-refractivity contribution < 1.29 is 0 Å². The lowest BCUT2D eigenvalue weighted by molar-refractivity contribution is 1.18. The number of nitrogens with zero attached hydrogens (tertiary/aromatic N) is 3. The first kappa shape index (κ1) is 21.5. The molecule has 0 radical (unpaired) electrons. The Morgan fingerprint density at radius 3 is 2.11 bits per heavy atom. The average molecular weight is 553 g/mol. The molecule has 8 rings (SSSR count). The van der Waals surface area contributed by atoms with Crippen LogP contribution in [-0.4, -0.2) is 18.9 Å². The molecule has 0 aliphatic heterocycles. The Morgan fingerprint density at radius 2 is 1.26 bits per heavy atom. The van der Waals surface area contributed by atoms with Gasteiger partial charge in [0.2, 0.25) is 5.78 Å². The average Bonchev–Trinajstić information content (AvgIpc) is 3.61. The second kappa shape index (κ2) is 8.20. The molecule has 0 spiro atoms. The number of halogens is 1. The molecule has 8 aromatic rings. The summed E-state index contributed by atoms with van der Waals surface area (Å²) in [5.74, 6) is 0.823. The second-order valence-electron chi connectivity index (χ2n) is 9.55. The van der Waals surface area contributed by atoms with Crippen LogP contribution in [0.5, 0.6) is 0 Å². The Morgan fingerprint density at radius 1 is 0.579 bits per heavy atom. The number of para-hydroxylation sites is 2. The molecular weight excluding hydrogens is 532 g/mol. The van der Waals surface area contributed by atoms with E-state index in [2.05, 4.69) is 133 Å². The fourth-order valence-electron chi connectivity index (χ4n) is 5.61. The van der Waals surface area contributed by atoms with Crippen LogP contribution in [-0.2, 0) is 0 Å². The Balaban J connectivity index is 1.32. The van der Waals surface area contributed by atoms with E-state index >= 15 is 0 Å². The topological polar surface area (TPSA) is 38.0 Å². The maximum Gasteiger partial charge on any atom is 0.213 e. The van der Waals surface area contributed by atoms with Gasteiger partial charge in [-0.1, -0.05) is 78.9 Å². The van der Waals surface area contributed by atoms with Gasteiger partial charge in [-0.2, -0.15) is 0 Å². The molecular formula is C33H21BrN4. The van der Waals surface area contributed by atoms with Crippen LogP contribution >= 0.6 is 15.9 Å². The van der Waals surface area contributed by atoms with E-state index in [9.17, 15) is 0 Å². The van der Waals surface area contributed by atoms with Crippen LogP contribution in [0.25, 0.3) is 66.7 Å². The molecule has 3 aromatic heterocycles. The zero-order chi connectivity index (χ0) is 25.2. The highest BCUT2D eigenvalue weighted by molar-refractivity contribution is 9.10. The van der Waals surface area contributed by atoms with Gasteiger partial charge in [0.15, 0.2) is 0 Å². The quantitative estimate of drug-likeness (QED) is 0.233. The molecule has 0 fully saturated rings. The molecule has 4 nitrogen and oxygen atoms in total. The van der Waals surface area contributed by atoms with E-state index in [0.717, 1.165) is 32.7 Å². The SMILES string of the molecule is Brc1c(-c2ccccc2)nc2[nH]c3ccc(-c4ccc5c(c4)c4ccccc4n5-c4ccccc4)cc3n12. The van der Waals surface area contributed by atoms with Crippen LogP contribution in [0.3, 0.4) is 0 Å². The molecule has 0 saturated carbocycles. The molecule has 3 heterocycles. The standard InChI is InChI=1S/C33H21BrN4/c34-32-31(21-9-3-1-4-10-21)36-33-35-27-17-15-23(20-30(27)38(32)33)22-16-18-29-26(19-22)25-13-7-8-14-28(25)37(29)24-11-5-2-6-12-24/h1-20H,(H,35,36). The molecule has 0 bridgehead atoms. The van der Waals surface area contributed by atoms with Crippen molar-refractivity contribution in [1.29, 1.82) is 0 Å². The number of hydrogen-bond acceptors (Lipinski definition) is 1. The molecule has 180 valence electrons. The molecule has 5 aromatic carbocycles. The van der Waals surface area contributed by atoms with Gasteiger partial charge in [0.25, 0.3) is 0 Å². The molecule has 1 N–H and O–H groups in total. The smallest absolute Gasteiger partial charge is 0.213 e. The normalized spacial score (nSPS) is 11.8. The lowest BCUT2D eigenvalue weighted by Crippen LogP contribution is -1.92. The maximum atomic E-state index is 4.89. The first-order valence-electron chi connectivity index (χ1n) is 12.6. The van der Waals surface area contributed by atoms with Crippen molar-refractivity contribution >= 4 is 54.5 Å². The third-order valence-corrected chi connectivity index (χ3v) is 8.10. The fourth-order valence-corrected chi connectivity index (χ4v) is 6.29. The summed E-state index contributed by atoms with van der Waals surface area (Å²) < 4.78 is 5.45. The third-order valence-electron chi connectivity index (χ3n) is 7.37. The molecule has 0 amide bonds. The first-order chi connectivity index (χ1) is 18.8. The Hall–Kier alpha value is -4.61. The zero-order valence-corrected chi connectivity index (χ0v) is 21.9. The molecule has 38 heavy (non-hydrogen) atoms. The number of H-pyrrole nitrogens is 1. The van der Waals surface area contributed by atoms with Crippen LogP contribution in [0.1, 0.15) is 0 Å². The molecule has 0 saturated heterocycles. The van der Waals surface area contributed by atoms with Gasteiger partial charge in [0.05, 0.1) is 22.1 Å². The maximum absolute atomic E-state index is 4.89. The summed E-state index contributed by atoms with van der Waals surface area (Å²) in [5.41, 5.74) is 10.1. The Bertz CT molecular complexity index is 2130. The van der Waals surface area contributed by atoms with Gasteiger partial charge in [-0.05, 0) is 69.5 Å². The number of rotatable bonds is 3. The minimum absolute atomic E-state index is 0.823. The van der Waals surface area contributed by atoms with E-state index in [0.29, 0.717) is 0 Å². The number of nitrogens with one attached hydrogen (secondary N) is 1. The van der Waals surface area contributed by atoms with E-state index in [1.54, 1.807) is 0 Å². The van der Waals surface area contributed by atoms with Gasteiger partial charge >= 0.3 is 0 Å². The van der Waals surface area contributed by atoms with Crippen LogP contribution in [0.2, 0.25) is 0 Å². The summed E-state index contributed by atoms with van der Waals surface area (Å²) in [4.78, 5) is 8.37. The van der Waals surface area contributed by atoms with E-state index in [4.69, 9.17) is 4.98 Å². The molecule has 0 aliphatic rings. The highest BCUT2D eigenvalue weighted by Crippen LogP contribution is 2.37. The van der Waals surface area contributed by atoms with E-state index < -0.39 is 0 Å². The number of fused-ring (bicyclic) bond motifs is 6. The van der Waals surface area contributed by atoms with Crippen molar-refractivity contribution in [3.8, 4) is 28.1 Å². The summed E-state index contributed by atoms with van der Waals surface area (Å²) in [6.07, 6.45) is 0. The predicted octanol–water partition coefficient (Wildman–Crippen LogP) is 9.01. The van der Waals surface area contributed by atoms with Gasteiger partial charge in [-0.3, -0.25) is 4.40 Å². The van der Waals surface area contributed by atoms with Crippen molar-refractivity contribution in [1.82, 2.24) is 18.9 Å². The number of benzene rings is 5. The Labute approximate surface area is 226 Å². The summed E-state index contributed by atoms with van der Waals surface area (Å²) in [6.45, 7) is 0. The van der Waals surface area contributed by atoms with E-state index in [1.165, 1.54) is 38.6 Å². The fraction of sp³-hybridized carbons (Fsp3) is 0. The van der Waals surface area contributed by atoms with Crippen LogP contribution in [0, 0.1) is 0 Å². The van der Waals surface area contributed by atoms with Crippen molar-refractivity contribution in [2.75, 3.05) is 0 Å². The summed E-state index contributed by atoms with van der Waals surface area (Å²) in [5, 5.41) is 2.50. The number of aromatic nitrogens is 4. The van der Waals surface area contributed by atoms with Gasteiger partial charge in [0, 0.05) is 22.0 Å².